The van der Waals surface area contributed by atoms with Crippen LogP contribution < -0.4 is 0 Å². The molecule has 0 aliphatic carbocycles. The van der Waals surface area contributed by atoms with Crippen LogP contribution in [-0.2, 0) is 21.6 Å². The van der Waals surface area contributed by atoms with Crippen LogP contribution in [0.2, 0.25) is 0 Å². The Hall–Kier alpha value is -1.41. The number of rotatable bonds is 10. The van der Waals surface area contributed by atoms with E-state index >= 15 is 0 Å². The van der Waals surface area contributed by atoms with Gasteiger partial charge in [-0.15, -0.1) is 0 Å². The largest absolute Gasteiger partial charge is 0.445 e. The third-order valence-electron chi connectivity index (χ3n) is 5.68. The highest BCUT2D eigenvalue weighted by Gasteiger charge is 2.36. The Morgan fingerprint density at radius 1 is 1.03 bits per heavy atom. The number of ketones is 1. The van der Waals surface area contributed by atoms with Gasteiger partial charge >= 0.3 is 6.09 Å². The number of ether oxygens (including phenoxy) is 1. The molecule has 1 amide bonds. The van der Waals surface area contributed by atoms with E-state index in [2.05, 4.69) is 58.4 Å². The van der Waals surface area contributed by atoms with Gasteiger partial charge in [-0.1, -0.05) is 72.2 Å². The van der Waals surface area contributed by atoms with Gasteiger partial charge in [0.25, 0.3) is 0 Å². The van der Waals surface area contributed by atoms with Gasteiger partial charge in [0.15, 0.2) is 5.78 Å². The molecular formula is C25H31BrINO3. The smallest absolute Gasteiger partial charge is 0.409 e. The fourth-order valence-corrected chi connectivity index (χ4v) is 4.79. The zero-order chi connectivity index (χ0) is 23.1. The van der Waals surface area contributed by atoms with E-state index in [9.17, 15) is 9.59 Å². The van der Waals surface area contributed by atoms with Crippen LogP contribution >= 0.6 is 38.5 Å². The van der Waals surface area contributed by atoms with E-state index in [-0.39, 0.29) is 23.9 Å². The van der Waals surface area contributed by atoms with Crippen LogP contribution in [0.4, 0.5) is 4.79 Å². The summed E-state index contributed by atoms with van der Waals surface area (Å²) in [5, 5.41) is 0.321. The van der Waals surface area contributed by atoms with Crippen molar-refractivity contribution in [3.05, 3.63) is 69.3 Å². The van der Waals surface area contributed by atoms with Crippen LogP contribution in [0, 0.1) is 8.99 Å². The van der Waals surface area contributed by atoms with E-state index in [1.807, 2.05) is 55.5 Å². The molecule has 1 unspecified atom stereocenters. The number of halogens is 2. The highest BCUT2D eigenvalue weighted by molar-refractivity contribution is 14.1. The Kier molecular flexibility index (Phi) is 9.55. The van der Waals surface area contributed by atoms with Gasteiger partial charge in [-0.2, -0.15) is 0 Å². The summed E-state index contributed by atoms with van der Waals surface area (Å²) in [6.45, 7) is 7.08. The summed E-state index contributed by atoms with van der Waals surface area (Å²) in [4.78, 5) is 27.0. The third kappa shape index (κ3) is 7.59. The fourth-order valence-electron chi connectivity index (χ4n) is 3.63. The van der Waals surface area contributed by atoms with Gasteiger partial charge in [-0.05, 0) is 71.0 Å². The number of nitrogens with zero attached hydrogens (tertiary/aromatic N) is 1. The maximum atomic E-state index is 12.9. The quantitative estimate of drug-likeness (QED) is 0.229. The maximum absolute atomic E-state index is 12.9. The van der Waals surface area contributed by atoms with E-state index in [0.717, 1.165) is 21.1 Å². The maximum Gasteiger partial charge on any atom is 0.409 e. The lowest BCUT2D eigenvalue weighted by Gasteiger charge is -2.35. The van der Waals surface area contributed by atoms with Gasteiger partial charge in [0.2, 0.25) is 0 Å². The lowest BCUT2D eigenvalue weighted by atomic mass is 9.71. The number of Topliss-reactive ketones (excluding diaryl/α,β-unsaturated/α-hetero) is 1. The van der Waals surface area contributed by atoms with Crippen molar-refractivity contribution in [1.29, 1.82) is 0 Å². The molecule has 168 valence electrons. The van der Waals surface area contributed by atoms with Gasteiger partial charge in [-0.3, -0.25) is 4.79 Å². The van der Waals surface area contributed by atoms with Crippen LogP contribution in [-0.4, -0.2) is 35.7 Å². The molecule has 0 fully saturated rings. The molecule has 1 atom stereocenters. The standard InChI is InChI=1S/C25H31BrINO3/c1-24(2,18-28(4)23(30)31-17-19-9-6-5-7-10-19)13-14-25(3,22(29)16-26)20-11-8-12-21(27)15-20/h5-12,15H,13-14,16-18H2,1-4H3. The predicted octanol–water partition coefficient (Wildman–Crippen LogP) is 6.59. The second kappa shape index (κ2) is 11.5. The van der Waals surface area contributed by atoms with Crippen molar-refractivity contribution in [2.24, 2.45) is 5.41 Å². The van der Waals surface area contributed by atoms with E-state index in [0.29, 0.717) is 18.3 Å². The first kappa shape index (κ1) is 25.8. The average molecular weight is 600 g/mol. The Bertz CT molecular complexity index is 887. The zero-order valence-corrected chi connectivity index (χ0v) is 22.4. The van der Waals surface area contributed by atoms with Gasteiger partial charge in [0, 0.05) is 17.2 Å². The molecule has 6 heteroatoms. The van der Waals surface area contributed by atoms with E-state index in [1.165, 1.54) is 0 Å². The number of alkyl halides is 1. The number of amides is 1. The Labute approximate surface area is 208 Å². The molecule has 0 spiro atoms. The molecule has 0 aliphatic rings. The highest BCUT2D eigenvalue weighted by Crippen LogP contribution is 2.36. The number of hydrogen-bond acceptors (Lipinski definition) is 3. The summed E-state index contributed by atoms with van der Waals surface area (Å²) in [6, 6.07) is 17.8. The molecule has 0 bridgehead atoms. The van der Waals surface area contributed by atoms with Gasteiger partial charge < -0.3 is 9.64 Å². The van der Waals surface area contributed by atoms with Crippen LogP contribution in [0.5, 0.6) is 0 Å². The summed E-state index contributed by atoms with van der Waals surface area (Å²) in [6.07, 6.45) is 1.16. The highest BCUT2D eigenvalue weighted by atomic mass is 127. The Balaban J connectivity index is 2.00. The van der Waals surface area contributed by atoms with Crippen molar-refractivity contribution in [3.8, 4) is 0 Å². The van der Waals surface area contributed by atoms with Crippen LogP contribution in [0.3, 0.4) is 0 Å². The van der Waals surface area contributed by atoms with Crippen molar-refractivity contribution >= 4 is 50.4 Å². The summed E-state index contributed by atoms with van der Waals surface area (Å²) in [7, 11) is 1.76. The van der Waals surface area contributed by atoms with Crippen molar-refractivity contribution < 1.29 is 14.3 Å². The van der Waals surface area contributed by atoms with Gasteiger partial charge in [0.1, 0.15) is 6.61 Å². The SMILES string of the molecule is CN(CC(C)(C)CCC(C)(C(=O)CBr)c1cccc(I)c1)C(=O)OCc1ccccc1. The Morgan fingerprint density at radius 3 is 2.32 bits per heavy atom. The third-order valence-corrected chi connectivity index (χ3v) is 6.86. The molecule has 0 radical (unpaired) electrons. The summed E-state index contributed by atoms with van der Waals surface area (Å²) < 4.78 is 6.56. The molecule has 31 heavy (non-hydrogen) atoms. The average Bonchev–Trinajstić information content (AvgIpc) is 2.75. The number of carbonyl (C=O) groups is 2. The van der Waals surface area contributed by atoms with Gasteiger partial charge in [-0.25, -0.2) is 4.79 Å². The summed E-state index contributed by atoms with van der Waals surface area (Å²) in [5.41, 5.74) is 1.25. The molecule has 0 aliphatic heterocycles. The first-order valence-corrected chi connectivity index (χ1v) is 12.5. The lowest BCUT2D eigenvalue weighted by molar-refractivity contribution is -0.121. The normalized spacial score (nSPS) is 13.4. The monoisotopic (exact) mass is 599 g/mol. The van der Waals surface area contributed by atoms with Crippen molar-refractivity contribution in [2.75, 3.05) is 18.9 Å². The topological polar surface area (TPSA) is 46.6 Å². The van der Waals surface area contributed by atoms with E-state index in [1.54, 1.807) is 11.9 Å². The zero-order valence-electron chi connectivity index (χ0n) is 18.7. The minimum Gasteiger partial charge on any atom is -0.445 e. The van der Waals surface area contributed by atoms with Crippen LogP contribution in [0.1, 0.15) is 44.7 Å². The minimum absolute atomic E-state index is 0.168. The molecule has 2 aromatic carbocycles. The fraction of sp³-hybridized carbons (Fsp3) is 0.440. The molecule has 2 aromatic rings. The molecule has 0 heterocycles. The van der Waals surface area contributed by atoms with Crippen molar-refractivity contribution in [1.82, 2.24) is 4.90 Å². The molecule has 4 nitrogen and oxygen atoms in total. The van der Waals surface area contributed by atoms with Crippen LogP contribution in [0.25, 0.3) is 0 Å². The molecule has 0 saturated heterocycles. The Morgan fingerprint density at radius 2 is 1.71 bits per heavy atom. The first-order chi connectivity index (χ1) is 14.6. The van der Waals surface area contributed by atoms with Crippen molar-refractivity contribution in [3.63, 3.8) is 0 Å². The number of benzene rings is 2. The molecule has 0 aromatic heterocycles. The second-order valence-corrected chi connectivity index (χ2v) is 10.8. The van der Waals surface area contributed by atoms with Crippen LogP contribution in [0.15, 0.2) is 54.6 Å². The van der Waals surface area contributed by atoms with E-state index < -0.39 is 5.41 Å². The number of carbonyl (C=O) groups excluding carboxylic acids is 2. The molecule has 2 rings (SSSR count). The predicted molar refractivity (Wildman–Crippen MR) is 138 cm³/mol. The molecule has 0 saturated carbocycles. The summed E-state index contributed by atoms with van der Waals surface area (Å²) >= 11 is 5.64. The first-order valence-electron chi connectivity index (χ1n) is 10.3. The summed E-state index contributed by atoms with van der Waals surface area (Å²) in [5.74, 6) is 0.168. The van der Waals surface area contributed by atoms with E-state index in [4.69, 9.17) is 4.74 Å². The van der Waals surface area contributed by atoms with Gasteiger partial charge in [0.05, 0.1) is 10.7 Å². The second-order valence-electron chi connectivity index (χ2n) is 8.96. The lowest BCUT2D eigenvalue weighted by Crippen LogP contribution is -2.39. The van der Waals surface area contributed by atoms with Crippen molar-refractivity contribution in [2.45, 2.75) is 45.6 Å². The molecule has 0 N–H and O–H groups in total. The molecular weight excluding hydrogens is 569 g/mol. The minimum atomic E-state index is -0.575. The number of hydrogen-bond donors (Lipinski definition) is 0.